The summed E-state index contributed by atoms with van der Waals surface area (Å²) in [5.74, 6) is 0.766. The molecule has 6 heteroatoms. The van der Waals surface area contributed by atoms with E-state index in [2.05, 4.69) is 16.2 Å². The first-order chi connectivity index (χ1) is 11.1. The molecule has 0 saturated carbocycles. The Morgan fingerprint density at radius 1 is 1.30 bits per heavy atom. The van der Waals surface area contributed by atoms with Crippen LogP contribution in [-0.2, 0) is 6.42 Å². The van der Waals surface area contributed by atoms with Crippen molar-refractivity contribution in [3.63, 3.8) is 0 Å². The number of hydrogen-bond donors (Lipinski definition) is 1. The highest BCUT2D eigenvalue weighted by molar-refractivity contribution is 5.57. The third-order valence-corrected chi connectivity index (χ3v) is 3.74. The van der Waals surface area contributed by atoms with Crippen molar-refractivity contribution in [3.05, 3.63) is 63.2 Å². The molecule has 0 atom stereocenters. The van der Waals surface area contributed by atoms with Gasteiger partial charge >= 0.3 is 0 Å². The van der Waals surface area contributed by atoms with Crippen LogP contribution in [0.3, 0.4) is 0 Å². The highest BCUT2D eigenvalue weighted by Crippen LogP contribution is 2.13. The van der Waals surface area contributed by atoms with Crippen molar-refractivity contribution >= 4 is 5.65 Å². The van der Waals surface area contributed by atoms with Gasteiger partial charge in [0.1, 0.15) is 17.4 Å². The summed E-state index contributed by atoms with van der Waals surface area (Å²) in [6.07, 6.45) is 0.454. The Labute approximate surface area is 133 Å². The average Bonchev–Trinajstić information content (AvgIpc) is 2.87. The predicted octanol–water partition coefficient (Wildman–Crippen LogP) is 2.13. The maximum absolute atomic E-state index is 12.6. The number of H-pyrrole nitrogens is 1. The zero-order chi connectivity index (χ0) is 16.4. The van der Waals surface area contributed by atoms with Gasteiger partial charge in [-0.05, 0) is 26.0 Å². The van der Waals surface area contributed by atoms with Gasteiger partial charge in [0.05, 0.1) is 12.3 Å². The average molecular weight is 308 g/mol. The number of nitrogens with one attached hydrogen (secondary N) is 1. The molecule has 116 valence electrons. The molecule has 0 radical (unpaired) electrons. The first-order valence-corrected chi connectivity index (χ1v) is 7.30. The third kappa shape index (κ3) is 2.69. The summed E-state index contributed by atoms with van der Waals surface area (Å²) in [5, 5.41) is 12.1. The Hall–Kier alpha value is -3.07. The lowest BCUT2D eigenvalue weighted by atomic mass is 10.2. The van der Waals surface area contributed by atoms with Crippen molar-refractivity contribution in [1.29, 1.82) is 5.26 Å². The number of benzene rings is 1. The van der Waals surface area contributed by atoms with Crippen LogP contribution in [-0.4, -0.2) is 21.2 Å². The Kier molecular flexibility index (Phi) is 3.85. The van der Waals surface area contributed by atoms with Crippen molar-refractivity contribution in [2.75, 3.05) is 6.61 Å². The van der Waals surface area contributed by atoms with Crippen LogP contribution in [0, 0.1) is 25.2 Å². The lowest BCUT2D eigenvalue weighted by molar-refractivity contribution is 0.321. The topological polar surface area (TPSA) is 83.2 Å². The number of nitriles is 1. The van der Waals surface area contributed by atoms with Gasteiger partial charge in [-0.2, -0.15) is 9.78 Å². The highest BCUT2D eigenvalue weighted by atomic mass is 16.5. The van der Waals surface area contributed by atoms with Gasteiger partial charge in [0.25, 0.3) is 5.56 Å². The molecule has 0 unspecified atom stereocenters. The van der Waals surface area contributed by atoms with E-state index in [9.17, 15) is 10.1 Å². The van der Waals surface area contributed by atoms with Gasteiger partial charge in [0, 0.05) is 17.7 Å². The molecule has 1 N–H and O–H groups in total. The van der Waals surface area contributed by atoms with Crippen LogP contribution in [0.25, 0.3) is 5.65 Å². The second-order valence-corrected chi connectivity index (χ2v) is 5.28. The number of fused-ring (bicyclic) bond motifs is 1. The maximum Gasteiger partial charge on any atom is 0.276 e. The van der Waals surface area contributed by atoms with Gasteiger partial charge in [-0.15, -0.1) is 0 Å². The van der Waals surface area contributed by atoms with E-state index >= 15 is 0 Å². The molecule has 0 spiro atoms. The summed E-state index contributed by atoms with van der Waals surface area (Å²) in [6, 6.07) is 11.5. The second-order valence-electron chi connectivity index (χ2n) is 5.28. The normalized spacial score (nSPS) is 10.7. The van der Waals surface area contributed by atoms with E-state index in [1.165, 1.54) is 4.52 Å². The zero-order valence-corrected chi connectivity index (χ0v) is 13.0. The fourth-order valence-corrected chi connectivity index (χ4v) is 2.53. The van der Waals surface area contributed by atoms with Crippen LogP contribution in [0.4, 0.5) is 0 Å². The predicted molar refractivity (Wildman–Crippen MR) is 85.6 cm³/mol. The van der Waals surface area contributed by atoms with E-state index in [-0.39, 0.29) is 5.56 Å². The van der Waals surface area contributed by atoms with E-state index in [4.69, 9.17) is 4.74 Å². The summed E-state index contributed by atoms with van der Waals surface area (Å²) < 4.78 is 6.98. The molecule has 3 rings (SSSR count). The Morgan fingerprint density at radius 2 is 2.04 bits per heavy atom. The van der Waals surface area contributed by atoms with Crippen LogP contribution >= 0.6 is 0 Å². The molecule has 1 aromatic carbocycles. The molecule has 0 saturated heterocycles. The number of aryl methyl sites for hydroxylation is 2. The van der Waals surface area contributed by atoms with Crippen molar-refractivity contribution in [2.24, 2.45) is 0 Å². The van der Waals surface area contributed by atoms with Gasteiger partial charge in [-0.1, -0.05) is 18.2 Å². The second kappa shape index (κ2) is 5.97. The van der Waals surface area contributed by atoms with Crippen molar-refractivity contribution < 1.29 is 4.74 Å². The number of para-hydroxylation sites is 1. The molecule has 2 heterocycles. The molecule has 0 bridgehead atoms. The van der Waals surface area contributed by atoms with Crippen LogP contribution in [0.1, 0.15) is 22.5 Å². The summed E-state index contributed by atoms with van der Waals surface area (Å²) in [6.45, 7) is 3.92. The number of hydrogen-bond acceptors (Lipinski definition) is 4. The molecule has 0 amide bonds. The zero-order valence-electron chi connectivity index (χ0n) is 13.0. The minimum absolute atomic E-state index is 0.186. The number of aromatic nitrogens is 3. The quantitative estimate of drug-likeness (QED) is 0.800. The lowest BCUT2D eigenvalue weighted by Crippen LogP contribution is -2.23. The maximum atomic E-state index is 12.6. The first kappa shape index (κ1) is 14.9. The largest absolute Gasteiger partial charge is 0.493 e. The molecular formula is C17H16N4O2. The van der Waals surface area contributed by atoms with E-state index in [1.807, 2.05) is 30.3 Å². The van der Waals surface area contributed by atoms with E-state index < -0.39 is 0 Å². The monoisotopic (exact) mass is 308 g/mol. The fraction of sp³-hybridized carbons (Fsp3) is 0.235. The first-order valence-electron chi connectivity index (χ1n) is 7.30. The molecule has 2 aromatic heterocycles. The molecular weight excluding hydrogens is 292 g/mol. The smallest absolute Gasteiger partial charge is 0.276 e. The Balaban J connectivity index is 1.90. The summed E-state index contributed by atoms with van der Waals surface area (Å²) in [7, 11) is 0. The number of ether oxygens (including phenoxy) is 1. The minimum Gasteiger partial charge on any atom is -0.493 e. The van der Waals surface area contributed by atoms with Crippen LogP contribution < -0.4 is 10.3 Å². The standard InChI is InChI=1S/C17H16N4O2/c1-11-14(8-9-23-13-6-4-3-5-7-13)17(22)21-16(19-11)15(10-18)12(2)20-21/h3-7,20H,8-9H2,1-2H3. The number of aromatic amines is 1. The lowest BCUT2D eigenvalue weighted by Gasteiger charge is -2.07. The van der Waals surface area contributed by atoms with E-state index in [1.54, 1.807) is 13.8 Å². The van der Waals surface area contributed by atoms with Gasteiger partial charge in [0.15, 0.2) is 5.65 Å². The molecule has 0 aliphatic carbocycles. The molecule has 6 nitrogen and oxygen atoms in total. The van der Waals surface area contributed by atoms with Crippen LogP contribution in [0.2, 0.25) is 0 Å². The molecule has 0 aliphatic rings. The van der Waals surface area contributed by atoms with Gasteiger partial charge in [0.2, 0.25) is 0 Å². The Bertz CT molecular complexity index is 949. The van der Waals surface area contributed by atoms with Crippen molar-refractivity contribution in [1.82, 2.24) is 14.6 Å². The summed E-state index contributed by atoms with van der Waals surface area (Å²) in [5.41, 5.74) is 2.44. The Morgan fingerprint density at radius 3 is 2.74 bits per heavy atom. The summed E-state index contributed by atoms with van der Waals surface area (Å²) in [4.78, 5) is 17.0. The van der Waals surface area contributed by atoms with Gasteiger partial charge in [-0.25, -0.2) is 4.98 Å². The SMILES string of the molecule is Cc1nc2c(C#N)c(C)[nH]n2c(=O)c1CCOc1ccccc1. The highest BCUT2D eigenvalue weighted by Gasteiger charge is 2.16. The van der Waals surface area contributed by atoms with Gasteiger partial charge in [-0.3, -0.25) is 9.89 Å². The molecule has 23 heavy (non-hydrogen) atoms. The van der Waals surface area contributed by atoms with Crippen molar-refractivity contribution in [3.8, 4) is 11.8 Å². The van der Waals surface area contributed by atoms with Crippen LogP contribution in [0.15, 0.2) is 35.1 Å². The van der Waals surface area contributed by atoms with Gasteiger partial charge < -0.3 is 4.74 Å². The fourth-order valence-electron chi connectivity index (χ4n) is 2.53. The molecule has 3 aromatic rings. The third-order valence-electron chi connectivity index (χ3n) is 3.74. The molecule has 0 aliphatic heterocycles. The van der Waals surface area contributed by atoms with Crippen LogP contribution in [0.5, 0.6) is 5.75 Å². The molecule has 0 fully saturated rings. The van der Waals surface area contributed by atoms with E-state index in [0.717, 1.165) is 5.75 Å². The van der Waals surface area contributed by atoms with Crippen molar-refractivity contribution in [2.45, 2.75) is 20.3 Å². The van der Waals surface area contributed by atoms with E-state index in [0.29, 0.717) is 41.2 Å². The number of nitrogens with zero attached hydrogens (tertiary/aromatic N) is 3. The number of rotatable bonds is 4. The minimum atomic E-state index is -0.186. The summed E-state index contributed by atoms with van der Waals surface area (Å²) >= 11 is 0.